The molecule has 0 unspecified atom stereocenters. The van der Waals surface area contributed by atoms with Gasteiger partial charge in [0, 0.05) is 6.04 Å². The van der Waals surface area contributed by atoms with E-state index < -0.39 is 17.8 Å². The molecule has 9 heteroatoms. The number of benzene rings is 2. The van der Waals surface area contributed by atoms with Crippen LogP contribution in [0.2, 0.25) is 0 Å². The van der Waals surface area contributed by atoms with Gasteiger partial charge in [0.15, 0.2) is 11.5 Å². The predicted molar refractivity (Wildman–Crippen MR) is 110 cm³/mol. The number of hydrazone groups is 1. The molecule has 3 N–H and O–H groups in total. The smallest absolute Gasteiger partial charge is 0.335 e. The van der Waals surface area contributed by atoms with Gasteiger partial charge in [0.1, 0.15) is 6.61 Å². The summed E-state index contributed by atoms with van der Waals surface area (Å²) in [5.74, 6) is -1.68. The molecule has 0 aliphatic rings. The minimum absolute atomic E-state index is 0.154. The molecule has 0 aliphatic carbocycles. The third-order valence-electron chi connectivity index (χ3n) is 3.79. The van der Waals surface area contributed by atoms with Crippen LogP contribution in [-0.4, -0.2) is 42.3 Å². The van der Waals surface area contributed by atoms with Crippen molar-refractivity contribution in [3.63, 3.8) is 0 Å². The molecule has 2 aromatic rings. The lowest BCUT2D eigenvalue weighted by molar-refractivity contribution is -0.139. The van der Waals surface area contributed by atoms with E-state index in [1.54, 1.807) is 44.2 Å². The molecule has 0 atom stereocenters. The number of methoxy groups -OCH3 is 1. The number of hydrogen-bond donors (Lipinski definition) is 3. The number of amides is 2. The zero-order valence-electron chi connectivity index (χ0n) is 16.8. The number of aromatic carboxylic acids is 1. The van der Waals surface area contributed by atoms with Gasteiger partial charge in [-0.05, 0) is 55.3 Å². The summed E-state index contributed by atoms with van der Waals surface area (Å²) in [6.45, 7) is 3.72. The predicted octanol–water partition coefficient (Wildman–Crippen LogP) is 1.95. The average molecular weight is 413 g/mol. The summed E-state index contributed by atoms with van der Waals surface area (Å²) in [5, 5.41) is 15.2. The molecule has 158 valence electrons. The molecular weight excluding hydrogens is 390 g/mol. The molecule has 2 aromatic carbocycles. The zero-order valence-corrected chi connectivity index (χ0v) is 16.8. The van der Waals surface area contributed by atoms with Crippen molar-refractivity contribution in [1.29, 1.82) is 0 Å². The monoisotopic (exact) mass is 413 g/mol. The van der Waals surface area contributed by atoms with Crippen LogP contribution in [0, 0.1) is 0 Å². The number of rotatable bonds is 8. The number of carboxylic acids is 1. The lowest BCUT2D eigenvalue weighted by Crippen LogP contribution is -2.41. The topological polar surface area (TPSA) is 126 Å². The Morgan fingerprint density at radius 2 is 1.77 bits per heavy atom. The molecule has 2 rings (SSSR count). The number of carbonyl (C=O) groups is 3. The largest absolute Gasteiger partial charge is 0.493 e. The van der Waals surface area contributed by atoms with Crippen molar-refractivity contribution in [1.82, 2.24) is 10.7 Å². The molecule has 0 heterocycles. The third-order valence-corrected chi connectivity index (χ3v) is 3.79. The Kier molecular flexibility index (Phi) is 7.92. The van der Waals surface area contributed by atoms with Gasteiger partial charge in [-0.2, -0.15) is 5.10 Å². The number of ether oxygens (including phenoxy) is 2. The summed E-state index contributed by atoms with van der Waals surface area (Å²) in [6, 6.07) is 11.3. The van der Waals surface area contributed by atoms with Crippen molar-refractivity contribution >= 4 is 24.0 Å². The SMILES string of the molecule is COc1cc(/C=N\NC(=O)C(=O)NC(C)C)ccc1OCc1ccc(C(=O)O)cc1. The Labute approximate surface area is 173 Å². The lowest BCUT2D eigenvalue weighted by Gasteiger charge is -2.11. The van der Waals surface area contributed by atoms with Gasteiger partial charge in [0.05, 0.1) is 18.9 Å². The first-order chi connectivity index (χ1) is 14.3. The lowest BCUT2D eigenvalue weighted by atomic mass is 10.1. The van der Waals surface area contributed by atoms with Crippen molar-refractivity contribution in [3.05, 3.63) is 59.2 Å². The first-order valence-corrected chi connectivity index (χ1v) is 9.07. The number of carbonyl (C=O) groups excluding carboxylic acids is 2. The fourth-order valence-electron chi connectivity index (χ4n) is 2.33. The molecule has 0 fully saturated rings. The average Bonchev–Trinajstić information content (AvgIpc) is 2.72. The summed E-state index contributed by atoms with van der Waals surface area (Å²) in [5.41, 5.74) is 3.78. The van der Waals surface area contributed by atoms with Crippen molar-refractivity contribution in [2.75, 3.05) is 7.11 Å². The third kappa shape index (κ3) is 6.62. The number of nitrogens with zero attached hydrogens (tertiary/aromatic N) is 1. The molecule has 0 radical (unpaired) electrons. The zero-order chi connectivity index (χ0) is 22.1. The van der Waals surface area contributed by atoms with Gasteiger partial charge in [-0.1, -0.05) is 12.1 Å². The van der Waals surface area contributed by atoms with E-state index in [0.29, 0.717) is 17.1 Å². The van der Waals surface area contributed by atoms with Gasteiger partial charge in [-0.25, -0.2) is 10.2 Å². The van der Waals surface area contributed by atoms with Gasteiger partial charge in [0.25, 0.3) is 0 Å². The van der Waals surface area contributed by atoms with Crippen molar-refractivity contribution in [2.45, 2.75) is 26.5 Å². The second-order valence-corrected chi connectivity index (χ2v) is 6.53. The maximum absolute atomic E-state index is 11.6. The van der Waals surface area contributed by atoms with Crippen LogP contribution in [0.15, 0.2) is 47.6 Å². The molecule has 0 aliphatic heterocycles. The van der Waals surface area contributed by atoms with Gasteiger partial charge in [-0.15, -0.1) is 0 Å². The Morgan fingerprint density at radius 1 is 1.07 bits per heavy atom. The van der Waals surface area contributed by atoms with Crippen molar-refractivity contribution in [2.24, 2.45) is 5.10 Å². The highest BCUT2D eigenvalue weighted by molar-refractivity contribution is 6.35. The highest BCUT2D eigenvalue weighted by Gasteiger charge is 2.13. The quantitative estimate of drug-likeness (QED) is 0.345. The van der Waals surface area contributed by atoms with Gasteiger partial charge in [-0.3, -0.25) is 9.59 Å². The van der Waals surface area contributed by atoms with E-state index in [2.05, 4.69) is 15.8 Å². The van der Waals surface area contributed by atoms with E-state index in [0.717, 1.165) is 5.56 Å². The summed E-state index contributed by atoms with van der Waals surface area (Å²) < 4.78 is 11.1. The van der Waals surface area contributed by atoms with E-state index in [9.17, 15) is 14.4 Å². The van der Waals surface area contributed by atoms with E-state index in [-0.39, 0.29) is 18.2 Å². The summed E-state index contributed by atoms with van der Waals surface area (Å²) in [7, 11) is 1.49. The molecule has 30 heavy (non-hydrogen) atoms. The molecule has 2 amide bonds. The summed E-state index contributed by atoms with van der Waals surface area (Å²) >= 11 is 0. The van der Waals surface area contributed by atoms with Crippen LogP contribution in [0.3, 0.4) is 0 Å². The number of hydrogen-bond acceptors (Lipinski definition) is 6. The second-order valence-electron chi connectivity index (χ2n) is 6.53. The van der Waals surface area contributed by atoms with E-state index in [4.69, 9.17) is 14.6 Å². The van der Waals surface area contributed by atoms with Crippen LogP contribution in [0.4, 0.5) is 0 Å². The van der Waals surface area contributed by atoms with E-state index in [1.165, 1.54) is 25.5 Å². The standard InChI is InChI=1S/C21H23N3O6/c1-13(2)23-19(25)20(26)24-22-11-15-6-9-17(18(10-15)29-3)30-12-14-4-7-16(8-5-14)21(27)28/h4-11,13H,12H2,1-3H3,(H,23,25)(H,24,26)(H,27,28)/b22-11-. The molecule has 9 nitrogen and oxygen atoms in total. The van der Waals surface area contributed by atoms with Crippen LogP contribution in [0.5, 0.6) is 11.5 Å². The van der Waals surface area contributed by atoms with E-state index in [1.807, 2.05) is 0 Å². The maximum Gasteiger partial charge on any atom is 0.335 e. The van der Waals surface area contributed by atoms with Crippen LogP contribution >= 0.6 is 0 Å². The van der Waals surface area contributed by atoms with Gasteiger partial charge in [0.2, 0.25) is 0 Å². The second kappa shape index (κ2) is 10.6. The molecule has 0 aromatic heterocycles. The minimum atomic E-state index is -0.988. The van der Waals surface area contributed by atoms with Crippen LogP contribution in [0.25, 0.3) is 0 Å². The van der Waals surface area contributed by atoms with Crippen LogP contribution in [-0.2, 0) is 16.2 Å². The molecule has 0 bridgehead atoms. The first-order valence-electron chi connectivity index (χ1n) is 9.07. The highest BCUT2D eigenvalue weighted by Crippen LogP contribution is 2.28. The Balaban J connectivity index is 1.97. The normalized spacial score (nSPS) is 10.7. The number of nitrogens with one attached hydrogen (secondary N) is 2. The van der Waals surface area contributed by atoms with Crippen LogP contribution < -0.4 is 20.2 Å². The van der Waals surface area contributed by atoms with Crippen molar-refractivity contribution in [3.8, 4) is 11.5 Å². The molecular formula is C21H23N3O6. The molecule has 0 saturated carbocycles. The number of carboxylic acid groups (broad SMARTS) is 1. The Morgan fingerprint density at radius 3 is 2.37 bits per heavy atom. The Bertz CT molecular complexity index is 938. The Hall–Kier alpha value is -3.88. The molecule has 0 saturated heterocycles. The maximum atomic E-state index is 11.6. The first kappa shape index (κ1) is 22.4. The van der Waals surface area contributed by atoms with Crippen LogP contribution in [0.1, 0.15) is 35.3 Å². The summed E-state index contributed by atoms with van der Waals surface area (Å²) in [4.78, 5) is 34.0. The van der Waals surface area contributed by atoms with Gasteiger partial charge < -0.3 is 19.9 Å². The fraction of sp³-hybridized carbons (Fsp3) is 0.238. The van der Waals surface area contributed by atoms with E-state index >= 15 is 0 Å². The highest BCUT2D eigenvalue weighted by atomic mass is 16.5. The molecule has 0 spiro atoms. The van der Waals surface area contributed by atoms with Crippen molar-refractivity contribution < 1.29 is 29.0 Å². The minimum Gasteiger partial charge on any atom is -0.493 e. The van der Waals surface area contributed by atoms with Gasteiger partial charge >= 0.3 is 17.8 Å². The fourth-order valence-corrected chi connectivity index (χ4v) is 2.33. The summed E-state index contributed by atoms with van der Waals surface area (Å²) in [6.07, 6.45) is 1.37.